The molecular formula is C15H25NO2S. The first-order valence-corrected chi connectivity index (χ1v) is 8.70. The van der Waals surface area contributed by atoms with Gasteiger partial charge in [-0.1, -0.05) is 57.6 Å². The van der Waals surface area contributed by atoms with Crippen molar-refractivity contribution < 1.29 is 8.42 Å². The standard InChI is InChI=1S/C15H25NO2S/c1-2-3-4-5-6-7-8-9-14-10-12-15(13-11-14)19(16,17)18/h10-13H,2-9H2,1H3,(H2,16,17,18). The second-order valence-electron chi connectivity index (χ2n) is 5.06. The van der Waals surface area contributed by atoms with E-state index >= 15 is 0 Å². The third-order valence-electron chi connectivity index (χ3n) is 3.32. The molecule has 0 amide bonds. The van der Waals surface area contributed by atoms with E-state index in [2.05, 4.69) is 6.92 Å². The maximum atomic E-state index is 11.1. The Balaban J connectivity index is 2.23. The molecule has 1 aromatic rings. The van der Waals surface area contributed by atoms with Crippen LogP contribution in [-0.2, 0) is 16.4 Å². The van der Waals surface area contributed by atoms with Crippen molar-refractivity contribution in [2.45, 2.75) is 63.2 Å². The van der Waals surface area contributed by atoms with Gasteiger partial charge < -0.3 is 0 Å². The van der Waals surface area contributed by atoms with E-state index in [1.54, 1.807) is 12.1 Å². The first-order chi connectivity index (χ1) is 9.04. The lowest BCUT2D eigenvalue weighted by atomic mass is 10.0. The van der Waals surface area contributed by atoms with Gasteiger partial charge in [0.1, 0.15) is 0 Å². The summed E-state index contributed by atoms with van der Waals surface area (Å²) in [5.74, 6) is 0. The molecule has 2 N–H and O–H groups in total. The average molecular weight is 283 g/mol. The third kappa shape index (κ3) is 6.73. The smallest absolute Gasteiger partial charge is 0.225 e. The van der Waals surface area contributed by atoms with Gasteiger partial charge in [0, 0.05) is 0 Å². The van der Waals surface area contributed by atoms with Gasteiger partial charge >= 0.3 is 0 Å². The maximum absolute atomic E-state index is 11.1. The Kier molecular flexibility index (Phi) is 7.10. The fourth-order valence-corrected chi connectivity index (χ4v) is 2.65. The number of sulfonamides is 1. The topological polar surface area (TPSA) is 60.2 Å². The first kappa shape index (κ1) is 16.2. The fourth-order valence-electron chi connectivity index (χ4n) is 2.13. The molecule has 4 heteroatoms. The summed E-state index contributed by atoms with van der Waals surface area (Å²) < 4.78 is 22.2. The van der Waals surface area contributed by atoms with Gasteiger partial charge in [0.25, 0.3) is 0 Å². The molecular weight excluding hydrogens is 258 g/mol. The lowest BCUT2D eigenvalue weighted by molar-refractivity contribution is 0.589. The summed E-state index contributed by atoms with van der Waals surface area (Å²) in [6.07, 6.45) is 10.0. The summed E-state index contributed by atoms with van der Waals surface area (Å²) in [7, 11) is -3.56. The van der Waals surface area contributed by atoms with Crippen LogP contribution in [0.2, 0.25) is 0 Å². The van der Waals surface area contributed by atoms with Gasteiger partial charge in [0.15, 0.2) is 0 Å². The summed E-state index contributed by atoms with van der Waals surface area (Å²) in [4.78, 5) is 0.191. The van der Waals surface area contributed by atoms with Crippen LogP contribution >= 0.6 is 0 Å². The summed E-state index contributed by atoms with van der Waals surface area (Å²) in [6.45, 7) is 2.23. The van der Waals surface area contributed by atoms with E-state index in [1.807, 2.05) is 12.1 Å². The molecule has 0 aliphatic heterocycles. The highest BCUT2D eigenvalue weighted by Gasteiger charge is 2.06. The van der Waals surface area contributed by atoms with Gasteiger partial charge in [0.05, 0.1) is 4.90 Å². The highest BCUT2D eigenvalue weighted by molar-refractivity contribution is 7.89. The third-order valence-corrected chi connectivity index (χ3v) is 4.25. The molecule has 0 radical (unpaired) electrons. The van der Waals surface area contributed by atoms with Crippen LogP contribution in [0.3, 0.4) is 0 Å². The van der Waals surface area contributed by atoms with Crippen LogP contribution in [0, 0.1) is 0 Å². The number of nitrogens with two attached hydrogens (primary N) is 1. The van der Waals surface area contributed by atoms with Crippen molar-refractivity contribution in [3.8, 4) is 0 Å². The fraction of sp³-hybridized carbons (Fsp3) is 0.600. The van der Waals surface area contributed by atoms with Crippen molar-refractivity contribution in [2.24, 2.45) is 5.14 Å². The molecule has 0 fully saturated rings. The maximum Gasteiger partial charge on any atom is 0.238 e. The molecule has 1 aromatic carbocycles. The molecule has 0 unspecified atom stereocenters. The van der Waals surface area contributed by atoms with Gasteiger partial charge in [0.2, 0.25) is 10.0 Å². The molecule has 1 rings (SSSR count). The van der Waals surface area contributed by atoms with Gasteiger partial charge in [-0.05, 0) is 30.5 Å². The quantitative estimate of drug-likeness (QED) is 0.703. The van der Waals surface area contributed by atoms with Crippen molar-refractivity contribution >= 4 is 10.0 Å². The van der Waals surface area contributed by atoms with E-state index in [1.165, 1.54) is 50.5 Å². The van der Waals surface area contributed by atoms with E-state index in [0.29, 0.717) is 0 Å². The molecule has 0 bridgehead atoms. The lowest BCUT2D eigenvalue weighted by Crippen LogP contribution is -2.11. The zero-order chi connectivity index (χ0) is 14.1. The van der Waals surface area contributed by atoms with Crippen LogP contribution in [0.1, 0.15) is 57.4 Å². The first-order valence-electron chi connectivity index (χ1n) is 7.16. The number of benzene rings is 1. The van der Waals surface area contributed by atoms with E-state index in [9.17, 15) is 8.42 Å². The highest BCUT2D eigenvalue weighted by Crippen LogP contribution is 2.13. The molecule has 0 saturated heterocycles. The molecule has 0 atom stereocenters. The van der Waals surface area contributed by atoms with E-state index in [-0.39, 0.29) is 4.90 Å². The van der Waals surface area contributed by atoms with Gasteiger partial charge in [-0.2, -0.15) is 0 Å². The minimum Gasteiger partial charge on any atom is -0.225 e. The Morgan fingerprint density at radius 3 is 1.95 bits per heavy atom. The van der Waals surface area contributed by atoms with E-state index in [0.717, 1.165) is 6.42 Å². The SMILES string of the molecule is CCCCCCCCCc1ccc(S(N)(=O)=O)cc1. The minimum atomic E-state index is -3.56. The lowest BCUT2D eigenvalue weighted by Gasteiger charge is -2.03. The number of primary sulfonamides is 1. The zero-order valence-corrected chi connectivity index (χ0v) is 12.6. The Bertz CT molecular complexity index is 452. The largest absolute Gasteiger partial charge is 0.238 e. The van der Waals surface area contributed by atoms with Crippen molar-refractivity contribution in [1.29, 1.82) is 0 Å². The number of unbranched alkanes of at least 4 members (excludes halogenated alkanes) is 6. The van der Waals surface area contributed by atoms with Crippen LogP contribution in [0.25, 0.3) is 0 Å². The highest BCUT2D eigenvalue weighted by atomic mass is 32.2. The molecule has 0 aliphatic rings. The molecule has 0 heterocycles. The van der Waals surface area contributed by atoms with Crippen molar-refractivity contribution in [1.82, 2.24) is 0 Å². The monoisotopic (exact) mass is 283 g/mol. The average Bonchev–Trinajstić information content (AvgIpc) is 2.37. The van der Waals surface area contributed by atoms with Crippen LogP contribution in [0.4, 0.5) is 0 Å². The van der Waals surface area contributed by atoms with Crippen LogP contribution in [-0.4, -0.2) is 8.42 Å². The molecule has 0 saturated carbocycles. The molecule has 19 heavy (non-hydrogen) atoms. The van der Waals surface area contributed by atoms with E-state index < -0.39 is 10.0 Å². The van der Waals surface area contributed by atoms with Crippen LogP contribution < -0.4 is 5.14 Å². The van der Waals surface area contributed by atoms with Gasteiger partial charge in [-0.25, -0.2) is 13.6 Å². The second-order valence-corrected chi connectivity index (χ2v) is 6.62. The second kappa shape index (κ2) is 8.33. The molecule has 0 aliphatic carbocycles. The molecule has 0 spiro atoms. The Morgan fingerprint density at radius 1 is 0.895 bits per heavy atom. The summed E-state index contributed by atoms with van der Waals surface area (Å²) in [5, 5.41) is 5.06. The Labute approximate surface area is 117 Å². The number of rotatable bonds is 9. The normalized spacial score (nSPS) is 11.7. The van der Waals surface area contributed by atoms with Crippen molar-refractivity contribution in [2.75, 3.05) is 0 Å². The summed E-state index contributed by atoms with van der Waals surface area (Å²) in [6, 6.07) is 6.89. The van der Waals surface area contributed by atoms with Gasteiger partial charge in [-0.15, -0.1) is 0 Å². The van der Waals surface area contributed by atoms with Crippen LogP contribution in [0.15, 0.2) is 29.2 Å². The van der Waals surface area contributed by atoms with Crippen molar-refractivity contribution in [3.63, 3.8) is 0 Å². The van der Waals surface area contributed by atoms with Crippen molar-refractivity contribution in [3.05, 3.63) is 29.8 Å². The Hall–Kier alpha value is -0.870. The molecule has 108 valence electrons. The number of hydrogen-bond donors (Lipinski definition) is 1. The van der Waals surface area contributed by atoms with Gasteiger partial charge in [-0.3, -0.25) is 0 Å². The van der Waals surface area contributed by atoms with Crippen LogP contribution in [0.5, 0.6) is 0 Å². The predicted octanol–water partition coefficient (Wildman–Crippen LogP) is 3.63. The van der Waals surface area contributed by atoms with E-state index in [4.69, 9.17) is 5.14 Å². The zero-order valence-electron chi connectivity index (χ0n) is 11.8. The summed E-state index contributed by atoms with van der Waals surface area (Å²) in [5.41, 5.74) is 1.18. The Morgan fingerprint density at radius 2 is 1.42 bits per heavy atom. The predicted molar refractivity (Wildman–Crippen MR) is 79.5 cm³/mol. The molecule has 3 nitrogen and oxygen atoms in total. The minimum absolute atomic E-state index is 0.191. The number of hydrogen-bond acceptors (Lipinski definition) is 2. The molecule has 0 aromatic heterocycles. The number of aryl methyl sites for hydroxylation is 1. The summed E-state index contributed by atoms with van der Waals surface area (Å²) >= 11 is 0.